The standard InChI is InChI=1S/C22H15IN2O3/c23-20-8-4-17(5-9-20)15-28-22-10-6-16(7-11-22)12-19(14-24)18-2-1-3-21(13-18)25(26)27/h1-13H,15H2/b19-12-. The highest BCUT2D eigenvalue weighted by atomic mass is 127. The Bertz CT molecular complexity index is 1050. The Labute approximate surface area is 176 Å². The number of hydrogen-bond donors (Lipinski definition) is 0. The van der Waals surface area contributed by atoms with E-state index in [0.29, 0.717) is 17.7 Å². The van der Waals surface area contributed by atoms with E-state index < -0.39 is 4.92 Å². The Hall–Kier alpha value is -3.18. The maximum Gasteiger partial charge on any atom is 0.270 e. The highest BCUT2D eigenvalue weighted by Gasteiger charge is 2.09. The van der Waals surface area contributed by atoms with Gasteiger partial charge in [-0.1, -0.05) is 36.4 Å². The van der Waals surface area contributed by atoms with Crippen molar-refractivity contribution in [2.75, 3.05) is 0 Å². The van der Waals surface area contributed by atoms with Gasteiger partial charge in [-0.15, -0.1) is 0 Å². The molecule has 138 valence electrons. The lowest BCUT2D eigenvalue weighted by atomic mass is 10.0. The highest BCUT2D eigenvalue weighted by molar-refractivity contribution is 14.1. The monoisotopic (exact) mass is 482 g/mol. The van der Waals surface area contributed by atoms with Crippen LogP contribution in [0.4, 0.5) is 5.69 Å². The first-order valence-electron chi connectivity index (χ1n) is 8.39. The number of nitrogens with zero attached hydrogens (tertiary/aromatic N) is 2. The van der Waals surface area contributed by atoms with Crippen molar-refractivity contribution in [2.45, 2.75) is 6.61 Å². The Morgan fingerprint density at radius 2 is 1.82 bits per heavy atom. The molecule has 0 spiro atoms. The van der Waals surface area contributed by atoms with Gasteiger partial charge >= 0.3 is 0 Å². The first-order chi connectivity index (χ1) is 13.5. The van der Waals surface area contributed by atoms with Crippen LogP contribution < -0.4 is 4.74 Å². The number of nitriles is 1. The maximum absolute atomic E-state index is 10.9. The fraction of sp³-hybridized carbons (Fsp3) is 0.0455. The average Bonchev–Trinajstić information content (AvgIpc) is 2.72. The third-order valence-corrected chi connectivity index (χ3v) is 4.72. The summed E-state index contributed by atoms with van der Waals surface area (Å²) >= 11 is 2.26. The maximum atomic E-state index is 10.9. The zero-order valence-electron chi connectivity index (χ0n) is 14.7. The lowest BCUT2D eigenvalue weighted by Gasteiger charge is -2.07. The quantitative estimate of drug-likeness (QED) is 0.145. The van der Waals surface area contributed by atoms with Gasteiger partial charge in [0.25, 0.3) is 5.69 Å². The molecule has 0 aliphatic rings. The van der Waals surface area contributed by atoms with Crippen LogP contribution in [0.15, 0.2) is 72.8 Å². The molecular formula is C22H15IN2O3. The number of allylic oxidation sites excluding steroid dienone is 1. The number of hydrogen-bond acceptors (Lipinski definition) is 4. The first kappa shape index (κ1) is 19.6. The van der Waals surface area contributed by atoms with E-state index in [-0.39, 0.29) is 5.69 Å². The minimum atomic E-state index is -0.474. The molecule has 0 bridgehead atoms. The van der Waals surface area contributed by atoms with Crippen molar-refractivity contribution in [2.24, 2.45) is 0 Å². The number of halogens is 1. The topological polar surface area (TPSA) is 76.2 Å². The summed E-state index contributed by atoms with van der Waals surface area (Å²) in [6.07, 6.45) is 1.70. The van der Waals surface area contributed by atoms with E-state index in [1.165, 1.54) is 15.7 Å². The minimum absolute atomic E-state index is 0.0435. The molecule has 3 rings (SSSR count). The molecule has 0 unspecified atom stereocenters. The van der Waals surface area contributed by atoms with E-state index in [4.69, 9.17) is 4.74 Å². The number of rotatable bonds is 6. The molecule has 0 aromatic heterocycles. The van der Waals surface area contributed by atoms with Crippen LogP contribution in [0.5, 0.6) is 5.75 Å². The minimum Gasteiger partial charge on any atom is -0.489 e. The second-order valence-corrected chi connectivity index (χ2v) is 7.21. The normalized spacial score (nSPS) is 10.9. The Balaban J connectivity index is 1.73. The number of nitro benzene ring substituents is 1. The Morgan fingerprint density at radius 1 is 1.11 bits per heavy atom. The average molecular weight is 482 g/mol. The van der Waals surface area contributed by atoms with Gasteiger partial charge in [0.05, 0.1) is 16.6 Å². The third-order valence-electron chi connectivity index (χ3n) is 4.00. The molecule has 3 aromatic carbocycles. The van der Waals surface area contributed by atoms with Gasteiger partial charge < -0.3 is 4.74 Å². The number of ether oxygens (including phenoxy) is 1. The van der Waals surface area contributed by atoms with Gasteiger partial charge in [-0.25, -0.2) is 0 Å². The molecule has 0 saturated heterocycles. The zero-order chi connectivity index (χ0) is 19.9. The summed E-state index contributed by atoms with van der Waals surface area (Å²) in [4.78, 5) is 10.5. The molecule has 0 N–H and O–H groups in total. The summed E-state index contributed by atoms with van der Waals surface area (Å²) in [5, 5.41) is 20.4. The lowest BCUT2D eigenvalue weighted by molar-refractivity contribution is -0.384. The summed E-state index contributed by atoms with van der Waals surface area (Å²) in [6, 6.07) is 23.6. The fourth-order valence-corrected chi connectivity index (χ4v) is 2.90. The first-order valence-corrected chi connectivity index (χ1v) is 9.47. The van der Waals surface area contributed by atoms with Crippen molar-refractivity contribution in [3.63, 3.8) is 0 Å². The molecule has 6 heteroatoms. The van der Waals surface area contributed by atoms with Crippen LogP contribution in [-0.2, 0) is 6.61 Å². The van der Waals surface area contributed by atoms with E-state index in [1.54, 1.807) is 18.2 Å². The molecule has 0 fully saturated rings. The largest absolute Gasteiger partial charge is 0.489 e. The van der Waals surface area contributed by atoms with Crippen LogP contribution in [0.2, 0.25) is 0 Å². The fourth-order valence-electron chi connectivity index (χ4n) is 2.54. The van der Waals surface area contributed by atoms with Crippen molar-refractivity contribution < 1.29 is 9.66 Å². The molecule has 0 aliphatic carbocycles. The molecule has 3 aromatic rings. The summed E-state index contributed by atoms with van der Waals surface area (Å²) < 4.78 is 6.96. The summed E-state index contributed by atoms with van der Waals surface area (Å²) in [7, 11) is 0. The van der Waals surface area contributed by atoms with E-state index in [9.17, 15) is 15.4 Å². The summed E-state index contributed by atoms with van der Waals surface area (Å²) in [5.41, 5.74) is 2.72. The number of nitro groups is 1. The van der Waals surface area contributed by atoms with E-state index >= 15 is 0 Å². The van der Waals surface area contributed by atoms with Crippen LogP contribution in [0, 0.1) is 25.0 Å². The number of non-ortho nitro benzene ring substituents is 1. The van der Waals surface area contributed by atoms with Crippen molar-refractivity contribution in [3.05, 3.63) is 103 Å². The molecule has 28 heavy (non-hydrogen) atoms. The van der Waals surface area contributed by atoms with Gasteiger partial charge in [-0.2, -0.15) is 5.26 Å². The lowest BCUT2D eigenvalue weighted by Crippen LogP contribution is -1.95. The van der Waals surface area contributed by atoms with Gasteiger partial charge in [0, 0.05) is 15.7 Å². The summed E-state index contributed by atoms with van der Waals surface area (Å²) in [6.45, 7) is 0.475. The molecule has 0 atom stereocenters. The van der Waals surface area contributed by atoms with Crippen LogP contribution in [0.3, 0.4) is 0 Å². The van der Waals surface area contributed by atoms with Crippen LogP contribution in [-0.4, -0.2) is 4.92 Å². The molecule has 0 amide bonds. The number of benzene rings is 3. The molecule has 0 aliphatic heterocycles. The molecular weight excluding hydrogens is 467 g/mol. The van der Waals surface area contributed by atoms with Crippen molar-refractivity contribution in [3.8, 4) is 11.8 Å². The van der Waals surface area contributed by atoms with Gasteiger partial charge in [0.2, 0.25) is 0 Å². The SMILES string of the molecule is N#C/C(=C/c1ccc(OCc2ccc(I)cc2)cc1)c1cccc([N+](=O)[O-])c1. The Morgan fingerprint density at radius 3 is 2.46 bits per heavy atom. The van der Waals surface area contributed by atoms with Crippen LogP contribution in [0.25, 0.3) is 11.6 Å². The molecule has 5 nitrogen and oxygen atoms in total. The second kappa shape index (κ2) is 9.15. The molecule has 0 heterocycles. The second-order valence-electron chi connectivity index (χ2n) is 5.96. The van der Waals surface area contributed by atoms with Crippen molar-refractivity contribution >= 4 is 39.9 Å². The van der Waals surface area contributed by atoms with Gasteiger partial charge in [0.15, 0.2) is 0 Å². The van der Waals surface area contributed by atoms with E-state index in [0.717, 1.165) is 16.9 Å². The van der Waals surface area contributed by atoms with Gasteiger partial charge in [0.1, 0.15) is 12.4 Å². The van der Waals surface area contributed by atoms with Crippen LogP contribution >= 0.6 is 22.6 Å². The van der Waals surface area contributed by atoms with Gasteiger partial charge in [-0.05, 0) is 69.6 Å². The Kier molecular flexibility index (Phi) is 6.40. The van der Waals surface area contributed by atoms with E-state index in [2.05, 4.69) is 28.7 Å². The molecule has 0 saturated carbocycles. The predicted molar refractivity (Wildman–Crippen MR) is 117 cm³/mol. The summed E-state index contributed by atoms with van der Waals surface area (Å²) in [5.74, 6) is 0.726. The van der Waals surface area contributed by atoms with Crippen molar-refractivity contribution in [1.29, 1.82) is 5.26 Å². The van der Waals surface area contributed by atoms with Crippen LogP contribution in [0.1, 0.15) is 16.7 Å². The highest BCUT2D eigenvalue weighted by Crippen LogP contribution is 2.23. The van der Waals surface area contributed by atoms with Gasteiger partial charge in [-0.3, -0.25) is 10.1 Å². The third kappa shape index (κ3) is 5.18. The predicted octanol–water partition coefficient (Wildman–Crippen LogP) is 5.84. The zero-order valence-corrected chi connectivity index (χ0v) is 16.9. The van der Waals surface area contributed by atoms with E-state index in [1.807, 2.05) is 48.5 Å². The molecule has 0 radical (unpaired) electrons. The van der Waals surface area contributed by atoms with Crippen molar-refractivity contribution in [1.82, 2.24) is 0 Å². The smallest absolute Gasteiger partial charge is 0.270 e.